The standard InChI is InChI=1S/C19H24FNO2/c1-14(7-8-15-9-11-16(23-2)12-10-15)21-13-19(22)17-5-3-4-6-18(17)20/h3-6,9-12,14,19,21-22H,7-8,13H2,1-2H3. The van der Waals surface area contributed by atoms with E-state index in [1.165, 1.54) is 11.6 Å². The fraction of sp³-hybridized carbons (Fsp3) is 0.368. The molecule has 2 aromatic carbocycles. The quantitative estimate of drug-likeness (QED) is 0.783. The lowest BCUT2D eigenvalue weighted by Crippen LogP contribution is -2.31. The van der Waals surface area contributed by atoms with E-state index < -0.39 is 6.10 Å². The Labute approximate surface area is 137 Å². The molecular formula is C19H24FNO2. The zero-order valence-corrected chi connectivity index (χ0v) is 13.6. The summed E-state index contributed by atoms with van der Waals surface area (Å²) in [6, 6.07) is 14.6. The fourth-order valence-electron chi connectivity index (χ4n) is 2.45. The van der Waals surface area contributed by atoms with E-state index in [1.54, 1.807) is 25.3 Å². The molecule has 0 aromatic heterocycles. The van der Waals surface area contributed by atoms with Crippen LogP contribution in [0.25, 0.3) is 0 Å². The van der Waals surface area contributed by atoms with Gasteiger partial charge >= 0.3 is 0 Å². The number of aliphatic hydroxyl groups is 1. The summed E-state index contributed by atoms with van der Waals surface area (Å²) < 4.78 is 18.7. The predicted molar refractivity (Wildman–Crippen MR) is 90.1 cm³/mol. The highest BCUT2D eigenvalue weighted by molar-refractivity contribution is 5.27. The van der Waals surface area contributed by atoms with E-state index in [2.05, 4.69) is 24.4 Å². The summed E-state index contributed by atoms with van der Waals surface area (Å²) in [6.45, 7) is 2.41. The van der Waals surface area contributed by atoms with Gasteiger partial charge in [-0.3, -0.25) is 0 Å². The number of methoxy groups -OCH3 is 1. The van der Waals surface area contributed by atoms with Crippen LogP contribution in [0, 0.1) is 5.82 Å². The number of hydrogen-bond acceptors (Lipinski definition) is 3. The average molecular weight is 317 g/mol. The SMILES string of the molecule is COc1ccc(CCC(C)NCC(O)c2ccccc2F)cc1. The number of halogens is 1. The summed E-state index contributed by atoms with van der Waals surface area (Å²) >= 11 is 0. The molecule has 2 atom stereocenters. The van der Waals surface area contributed by atoms with Crippen LogP contribution in [0.3, 0.4) is 0 Å². The van der Waals surface area contributed by atoms with Gasteiger partial charge in [-0.2, -0.15) is 0 Å². The summed E-state index contributed by atoms with van der Waals surface area (Å²) in [5.41, 5.74) is 1.58. The number of aryl methyl sites for hydroxylation is 1. The molecule has 124 valence electrons. The predicted octanol–water partition coefficient (Wildman–Crippen LogP) is 3.48. The Kier molecular flexibility index (Phi) is 6.56. The van der Waals surface area contributed by atoms with Crippen molar-refractivity contribution in [3.63, 3.8) is 0 Å². The molecule has 0 radical (unpaired) electrons. The Morgan fingerprint density at radius 3 is 2.48 bits per heavy atom. The van der Waals surface area contributed by atoms with Gasteiger partial charge in [0.05, 0.1) is 13.2 Å². The van der Waals surface area contributed by atoms with E-state index >= 15 is 0 Å². The lowest BCUT2D eigenvalue weighted by atomic mass is 10.0. The Bertz CT molecular complexity index is 601. The van der Waals surface area contributed by atoms with Gasteiger partial charge in [0.1, 0.15) is 11.6 Å². The van der Waals surface area contributed by atoms with Crippen LogP contribution in [0.5, 0.6) is 5.75 Å². The Morgan fingerprint density at radius 2 is 1.83 bits per heavy atom. The maximum atomic E-state index is 13.6. The van der Waals surface area contributed by atoms with Gasteiger partial charge in [0.15, 0.2) is 0 Å². The molecule has 0 aliphatic carbocycles. The molecule has 3 nitrogen and oxygen atoms in total. The van der Waals surface area contributed by atoms with E-state index in [9.17, 15) is 9.50 Å². The monoisotopic (exact) mass is 317 g/mol. The Morgan fingerprint density at radius 1 is 1.13 bits per heavy atom. The van der Waals surface area contributed by atoms with Crippen molar-refractivity contribution >= 4 is 0 Å². The van der Waals surface area contributed by atoms with Gasteiger partial charge in [0, 0.05) is 18.2 Å². The molecular weight excluding hydrogens is 293 g/mol. The Balaban J connectivity index is 1.76. The molecule has 2 N–H and O–H groups in total. The number of aliphatic hydroxyl groups excluding tert-OH is 1. The van der Waals surface area contributed by atoms with Gasteiger partial charge in [-0.05, 0) is 43.5 Å². The molecule has 0 amide bonds. The van der Waals surface area contributed by atoms with Gasteiger partial charge in [0.2, 0.25) is 0 Å². The lowest BCUT2D eigenvalue weighted by molar-refractivity contribution is 0.165. The molecule has 0 aliphatic rings. The molecule has 2 unspecified atom stereocenters. The van der Waals surface area contributed by atoms with Crippen molar-refractivity contribution in [1.82, 2.24) is 5.32 Å². The third-order valence-electron chi connectivity index (χ3n) is 3.95. The first-order chi connectivity index (χ1) is 11.1. The van der Waals surface area contributed by atoms with Crippen molar-refractivity contribution in [2.24, 2.45) is 0 Å². The molecule has 4 heteroatoms. The van der Waals surface area contributed by atoms with Crippen molar-refractivity contribution in [2.45, 2.75) is 31.9 Å². The van der Waals surface area contributed by atoms with E-state index in [0.29, 0.717) is 12.1 Å². The smallest absolute Gasteiger partial charge is 0.129 e. The van der Waals surface area contributed by atoms with E-state index in [-0.39, 0.29) is 11.9 Å². The van der Waals surface area contributed by atoms with Crippen molar-refractivity contribution in [2.75, 3.05) is 13.7 Å². The van der Waals surface area contributed by atoms with Crippen molar-refractivity contribution in [3.05, 3.63) is 65.5 Å². The molecule has 0 heterocycles. The number of benzene rings is 2. The first kappa shape index (κ1) is 17.4. The van der Waals surface area contributed by atoms with Crippen LogP contribution in [-0.4, -0.2) is 24.8 Å². The third kappa shape index (κ3) is 5.34. The second kappa shape index (κ2) is 8.65. The van der Waals surface area contributed by atoms with Gasteiger partial charge in [-0.15, -0.1) is 0 Å². The van der Waals surface area contributed by atoms with Crippen molar-refractivity contribution in [3.8, 4) is 5.75 Å². The van der Waals surface area contributed by atoms with Gasteiger partial charge < -0.3 is 15.2 Å². The van der Waals surface area contributed by atoms with Gasteiger partial charge in [-0.1, -0.05) is 30.3 Å². The summed E-state index contributed by atoms with van der Waals surface area (Å²) in [5, 5.41) is 13.3. The first-order valence-corrected chi connectivity index (χ1v) is 7.89. The van der Waals surface area contributed by atoms with Crippen LogP contribution in [0.1, 0.15) is 30.6 Å². The molecule has 0 saturated heterocycles. The second-order valence-corrected chi connectivity index (χ2v) is 5.73. The molecule has 23 heavy (non-hydrogen) atoms. The van der Waals surface area contributed by atoms with Gasteiger partial charge in [-0.25, -0.2) is 4.39 Å². The topological polar surface area (TPSA) is 41.5 Å². The van der Waals surface area contributed by atoms with E-state index in [1.807, 2.05) is 12.1 Å². The average Bonchev–Trinajstić information content (AvgIpc) is 2.58. The maximum Gasteiger partial charge on any atom is 0.129 e. The van der Waals surface area contributed by atoms with Crippen LogP contribution in [0.4, 0.5) is 4.39 Å². The van der Waals surface area contributed by atoms with Crippen LogP contribution in [0.2, 0.25) is 0 Å². The van der Waals surface area contributed by atoms with Crippen LogP contribution < -0.4 is 10.1 Å². The zero-order valence-electron chi connectivity index (χ0n) is 13.6. The summed E-state index contributed by atoms with van der Waals surface area (Å²) in [4.78, 5) is 0. The molecule has 2 rings (SSSR count). The minimum atomic E-state index is -0.834. The van der Waals surface area contributed by atoms with Crippen LogP contribution >= 0.6 is 0 Å². The highest BCUT2D eigenvalue weighted by Gasteiger charge is 2.13. The van der Waals surface area contributed by atoms with E-state index in [4.69, 9.17) is 4.74 Å². The van der Waals surface area contributed by atoms with Crippen molar-refractivity contribution in [1.29, 1.82) is 0 Å². The highest BCUT2D eigenvalue weighted by Crippen LogP contribution is 2.16. The first-order valence-electron chi connectivity index (χ1n) is 7.89. The third-order valence-corrected chi connectivity index (χ3v) is 3.95. The lowest BCUT2D eigenvalue weighted by Gasteiger charge is -2.18. The number of hydrogen-bond donors (Lipinski definition) is 2. The minimum absolute atomic E-state index is 0.235. The molecule has 0 saturated carbocycles. The highest BCUT2D eigenvalue weighted by atomic mass is 19.1. The normalized spacial score (nSPS) is 13.6. The largest absolute Gasteiger partial charge is 0.497 e. The summed E-state index contributed by atoms with van der Waals surface area (Å²) in [7, 11) is 1.65. The Hall–Kier alpha value is -1.91. The fourth-order valence-corrected chi connectivity index (χ4v) is 2.45. The number of ether oxygens (including phenoxy) is 1. The minimum Gasteiger partial charge on any atom is -0.497 e. The number of nitrogens with one attached hydrogen (secondary N) is 1. The molecule has 0 spiro atoms. The second-order valence-electron chi connectivity index (χ2n) is 5.73. The van der Waals surface area contributed by atoms with Crippen LogP contribution in [0.15, 0.2) is 48.5 Å². The van der Waals surface area contributed by atoms with E-state index in [0.717, 1.165) is 18.6 Å². The number of rotatable bonds is 8. The molecule has 2 aromatic rings. The van der Waals surface area contributed by atoms with Crippen LogP contribution in [-0.2, 0) is 6.42 Å². The molecule has 0 fully saturated rings. The summed E-state index contributed by atoms with van der Waals surface area (Å²) in [6.07, 6.45) is 1.05. The van der Waals surface area contributed by atoms with Gasteiger partial charge in [0.25, 0.3) is 0 Å². The molecule has 0 bridgehead atoms. The summed E-state index contributed by atoms with van der Waals surface area (Å²) in [5.74, 6) is 0.487. The molecule has 0 aliphatic heterocycles. The van der Waals surface area contributed by atoms with Crippen molar-refractivity contribution < 1.29 is 14.2 Å². The maximum absolute atomic E-state index is 13.6. The zero-order chi connectivity index (χ0) is 16.7.